The van der Waals surface area contributed by atoms with E-state index in [0.29, 0.717) is 19.6 Å². The summed E-state index contributed by atoms with van der Waals surface area (Å²) in [5, 5.41) is 3.79. The van der Waals surface area contributed by atoms with Crippen LogP contribution in [0.3, 0.4) is 0 Å². The van der Waals surface area contributed by atoms with Crippen LogP contribution in [0.15, 0.2) is 47.1 Å². The maximum absolute atomic E-state index is 12.2. The molecule has 0 unspecified atom stereocenters. The van der Waals surface area contributed by atoms with Gasteiger partial charge < -0.3 is 14.5 Å². The highest BCUT2D eigenvalue weighted by Crippen LogP contribution is 2.28. The molecule has 0 aliphatic carbocycles. The summed E-state index contributed by atoms with van der Waals surface area (Å²) in [5.74, 6) is 1.55. The first-order valence-corrected chi connectivity index (χ1v) is 8.96. The van der Waals surface area contributed by atoms with Crippen LogP contribution in [0.2, 0.25) is 0 Å². The fraction of sp³-hybridized carbons (Fsp3) is 0.263. The molecule has 0 radical (unpaired) electrons. The molecule has 0 bridgehead atoms. The predicted octanol–water partition coefficient (Wildman–Crippen LogP) is 3.97. The van der Waals surface area contributed by atoms with Crippen LogP contribution in [0.25, 0.3) is 10.8 Å². The van der Waals surface area contributed by atoms with Crippen LogP contribution in [0.5, 0.6) is 5.75 Å². The van der Waals surface area contributed by atoms with Gasteiger partial charge in [-0.1, -0.05) is 12.1 Å². The van der Waals surface area contributed by atoms with Crippen molar-refractivity contribution in [3.05, 3.63) is 58.8 Å². The zero-order valence-corrected chi connectivity index (χ0v) is 15.1. The van der Waals surface area contributed by atoms with Crippen molar-refractivity contribution in [2.45, 2.75) is 26.8 Å². The second-order valence-corrected chi connectivity index (χ2v) is 6.62. The molecule has 0 aliphatic heterocycles. The van der Waals surface area contributed by atoms with Gasteiger partial charge in [-0.05, 0) is 43.7 Å². The topological polar surface area (TPSA) is 64.4 Å². The standard InChI is InChI=1S/C19H20N2O3S/c1-3-23-15-8-6-14(7-9-15)11-18(22)20-12-17-13(2)21-19(25-17)16-5-4-10-24-16/h4-10H,3,11-12H2,1-2H3,(H,20,22). The first-order valence-electron chi connectivity index (χ1n) is 8.14. The molecule has 0 fully saturated rings. The molecular formula is C19H20N2O3S. The highest BCUT2D eigenvalue weighted by atomic mass is 32.1. The van der Waals surface area contributed by atoms with Crippen molar-refractivity contribution in [2.75, 3.05) is 6.61 Å². The summed E-state index contributed by atoms with van der Waals surface area (Å²) in [7, 11) is 0. The lowest BCUT2D eigenvalue weighted by atomic mass is 10.1. The van der Waals surface area contributed by atoms with Crippen molar-refractivity contribution in [3.63, 3.8) is 0 Å². The molecule has 130 valence electrons. The highest BCUT2D eigenvalue weighted by Gasteiger charge is 2.12. The minimum absolute atomic E-state index is 0.0171. The van der Waals surface area contributed by atoms with E-state index >= 15 is 0 Å². The molecule has 1 amide bonds. The Hall–Kier alpha value is -2.60. The number of thiazole rings is 1. The number of amides is 1. The minimum Gasteiger partial charge on any atom is -0.494 e. The van der Waals surface area contributed by atoms with E-state index in [1.807, 2.05) is 50.2 Å². The first kappa shape index (κ1) is 17.2. The van der Waals surface area contributed by atoms with Crippen LogP contribution in [0.4, 0.5) is 0 Å². The molecule has 2 aromatic heterocycles. The average molecular weight is 356 g/mol. The summed E-state index contributed by atoms with van der Waals surface area (Å²) in [6.45, 7) is 4.99. The fourth-order valence-corrected chi connectivity index (χ4v) is 3.37. The molecule has 5 nitrogen and oxygen atoms in total. The van der Waals surface area contributed by atoms with E-state index in [1.54, 1.807) is 6.26 Å². The summed E-state index contributed by atoms with van der Waals surface area (Å²) in [6.07, 6.45) is 1.97. The molecule has 2 heterocycles. The number of ether oxygens (including phenoxy) is 1. The maximum Gasteiger partial charge on any atom is 0.224 e. The quantitative estimate of drug-likeness (QED) is 0.696. The number of nitrogens with zero attached hydrogens (tertiary/aromatic N) is 1. The Morgan fingerprint density at radius 3 is 2.76 bits per heavy atom. The van der Waals surface area contributed by atoms with Gasteiger partial charge in [-0.2, -0.15) is 0 Å². The van der Waals surface area contributed by atoms with Crippen molar-refractivity contribution in [1.29, 1.82) is 0 Å². The van der Waals surface area contributed by atoms with E-state index in [-0.39, 0.29) is 5.91 Å². The van der Waals surface area contributed by atoms with Crippen LogP contribution >= 0.6 is 11.3 Å². The third-order valence-corrected chi connectivity index (χ3v) is 4.84. The van der Waals surface area contributed by atoms with E-state index in [1.165, 1.54) is 11.3 Å². The van der Waals surface area contributed by atoms with Crippen molar-refractivity contribution >= 4 is 17.2 Å². The van der Waals surface area contributed by atoms with Crippen LogP contribution in [0, 0.1) is 6.92 Å². The van der Waals surface area contributed by atoms with Crippen molar-refractivity contribution in [2.24, 2.45) is 0 Å². The fourth-order valence-electron chi connectivity index (χ4n) is 2.39. The molecule has 25 heavy (non-hydrogen) atoms. The van der Waals surface area contributed by atoms with Crippen molar-refractivity contribution in [3.8, 4) is 16.5 Å². The third kappa shape index (κ3) is 4.48. The average Bonchev–Trinajstić information content (AvgIpc) is 3.25. The summed E-state index contributed by atoms with van der Waals surface area (Å²) in [6, 6.07) is 11.3. The number of carbonyl (C=O) groups is 1. The molecule has 0 saturated heterocycles. The minimum atomic E-state index is -0.0171. The summed E-state index contributed by atoms with van der Waals surface area (Å²) in [4.78, 5) is 17.7. The lowest BCUT2D eigenvalue weighted by molar-refractivity contribution is -0.120. The van der Waals surface area contributed by atoms with E-state index < -0.39 is 0 Å². The molecule has 0 spiro atoms. The Labute approximate surface area is 150 Å². The van der Waals surface area contributed by atoms with Crippen LogP contribution in [-0.4, -0.2) is 17.5 Å². The molecule has 3 aromatic rings. The number of rotatable bonds is 7. The van der Waals surface area contributed by atoms with Crippen molar-refractivity contribution < 1.29 is 13.9 Å². The number of hydrogen-bond donors (Lipinski definition) is 1. The summed E-state index contributed by atoms with van der Waals surface area (Å²) < 4.78 is 10.8. The van der Waals surface area contributed by atoms with E-state index in [0.717, 1.165) is 32.7 Å². The van der Waals surface area contributed by atoms with Crippen LogP contribution < -0.4 is 10.1 Å². The van der Waals surface area contributed by atoms with Crippen LogP contribution in [0.1, 0.15) is 23.1 Å². The molecule has 0 atom stereocenters. The largest absolute Gasteiger partial charge is 0.494 e. The van der Waals surface area contributed by atoms with Gasteiger partial charge in [0.1, 0.15) is 5.75 Å². The van der Waals surface area contributed by atoms with Gasteiger partial charge in [-0.3, -0.25) is 4.79 Å². The van der Waals surface area contributed by atoms with E-state index in [2.05, 4.69) is 10.3 Å². The Bertz CT molecular complexity index is 823. The Morgan fingerprint density at radius 1 is 1.28 bits per heavy atom. The number of aromatic nitrogens is 1. The number of furan rings is 1. The van der Waals surface area contributed by atoms with Gasteiger partial charge in [0.2, 0.25) is 5.91 Å². The SMILES string of the molecule is CCOc1ccc(CC(=O)NCc2sc(-c3ccco3)nc2C)cc1. The Morgan fingerprint density at radius 2 is 2.08 bits per heavy atom. The van der Waals surface area contributed by atoms with Gasteiger partial charge in [-0.15, -0.1) is 11.3 Å². The highest BCUT2D eigenvalue weighted by molar-refractivity contribution is 7.15. The molecule has 6 heteroatoms. The summed E-state index contributed by atoms with van der Waals surface area (Å²) >= 11 is 1.54. The van der Waals surface area contributed by atoms with Crippen molar-refractivity contribution in [1.82, 2.24) is 10.3 Å². The molecule has 1 aromatic carbocycles. The number of hydrogen-bond acceptors (Lipinski definition) is 5. The van der Waals surface area contributed by atoms with Gasteiger partial charge in [0.05, 0.1) is 31.5 Å². The summed E-state index contributed by atoms with van der Waals surface area (Å²) in [5.41, 5.74) is 1.87. The first-order chi connectivity index (χ1) is 12.2. The lowest BCUT2D eigenvalue weighted by Gasteiger charge is -2.06. The zero-order valence-electron chi connectivity index (χ0n) is 14.2. The Balaban J connectivity index is 1.55. The second-order valence-electron chi connectivity index (χ2n) is 5.54. The number of nitrogens with one attached hydrogen (secondary N) is 1. The number of aryl methyl sites for hydroxylation is 1. The van der Waals surface area contributed by atoms with Gasteiger partial charge >= 0.3 is 0 Å². The molecular weight excluding hydrogens is 336 g/mol. The maximum atomic E-state index is 12.2. The number of carbonyl (C=O) groups excluding carboxylic acids is 1. The smallest absolute Gasteiger partial charge is 0.224 e. The van der Waals surface area contributed by atoms with Crippen LogP contribution in [-0.2, 0) is 17.8 Å². The molecule has 0 aliphatic rings. The van der Waals surface area contributed by atoms with Gasteiger partial charge in [0, 0.05) is 4.88 Å². The third-order valence-electron chi connectivity index (χ3n) is 3.67. The lowest BCUT2D eigenvalue weighted by Crippen LogP contribution is -2.24. The molecule has 3 rings (SSSR count). The monoisotopic (exact) mass is 356 g/mol. The second kappa shape index (κ2) is 7.98. The molecule has 1 N–H and O–H groups in total. The van der Waals surface area contributed by atoms with E-state index in [4.69, 9.17) is 9.15 Å². The molecule has 0 saturated carbocycles. The zero-order chi connectivity index (χ0) is 17.6. The van der Waals surface area contributed by atoms with E-state index in [9.17, 15) is 4.79 Å². The predicted molar refractivity (Wildman–Crippen MR) is 97.7 cm³/mol. The number of benzene rings is 1. The van der Waals surface area contributed by atoms with Gasteiger partial charge in [-0.25, -0.2) is 4.98 Å². The van der Waals surface area contributed by atoms with Gasteiger partial charge in [0.25, 0.3) is 0 Å². The normalized spacial score (nSPS) is 10.6. The Kier molecular flexibility index (Phi) is 5.50. The van der Waals surface area contributed by atoms with Gasteiger partial charge in [0.15, 0.2) is 10.8 Å².